The SMILES string of the molecule is Cc1cc(NC(=O)CCSc2nc(N)c(C#N)cc2C#N)no1. The summed E-state index contributed by atoms with van der Waals surface area (Å²) in [6.07, 6.45) is 0.197. The maximum absolute atomic E-state index is 11.8. The van der Waals surface area contributed by atoms with E-state index in [4.69, 9.17) is 20.8 Å². The quantitative estimate of drug-likeness (QED) is 0.791. The minimum atomic E-state index is -0.231. The number of carbonyl (C=O) groups is 1. The molecule has 1 amide bonds. The summed E-state index contributed by atoms with van der Waals surface area (Å²) in [6.45, 7) is 1.73. The van der Waals surface area contributed by atoms with Crippen LogP contribution >= 0.6 is 11.8 Å². The highest BCUT2D eigenvalue weighted by molar-refractivity contribution is 7.99. The maximum atomic E-state index is 11.8. The molecule has 9 heteroatoms. The van der Waals surface area contributed by atoms with E-state index >= 15 is 0 Å². The molecule has 0 aliphatic heterocycles. The first kappa shape index (κ1) is 16.3. The number of nitrogens with two attached hydrogens (primary N) is 1. The molecule has 0 spiro atoms. The Hall–Kier alpha value is -3.04. The Morgan fingerprint density at radius 1 is 1.39 bits per heavy atom. The number of hydrogen-bond donors (Lipinski definition) is 2. The maximum Gasteiger partial charge on any atom is 0.226 e. The molecule has 0 saturated carbocycles. The van der Waals surface area contributed by atoms with Crippen molar-refractivity contribution < 1.29 is 9.32 Å². The summed E-state index contributed by atoms with van der Waals surface area (Å²) in [5.74, 6) is 1.19. The van der Waals surface area contributed by atoms with E-state index in [1.165, 1.54) is 17.8 Å². The van der Waals surface area contributed by atoms with E-state index in [2.05, 4.69) is 15.5 Å². The second-order valence-corrected chi connectivity index (χ2v) is 5.55. The van der Waals surface area contributed by atoms with Crippen LogP contribution in [0.2, 0.25) is 0 Å². The second-order valence-electron chi connectivity index (χ2n) is 4.47. The molecule has 0 aromatic carbocycles. The first-order valence-corrected chi connectivity index (χ1v) is 7.48. The predicted octanol–water partition coefficient (Wildman–Crippen LogP) is 1.82. The number of aromatic nitrogens is 2. The molecule has 23 heavy (non-hydrogen) atoms. The highest BCUT2D eigenvalue weighted by Crippen LogP contribution is 2.24. The van der Waals surface area contributed by atoms with Gasteiger partial charge >= 0.3 is 0 Å². The molecule has 2 heterocycles. The number of nitrogen functional groups attached to an aromatic ring is 1. The Morgan fingerprint density at radius 3 is 2.74 bits per heavy atom. The van der Waals surface area contributed by atoms with Crippen molar-refractivity contribution in [3.8, 4) is 12.1 Å². The van der Waals surface area contributed by atoms with Crippen LogP contribution in [0.1, 0.15) is 23.3 Å². The largest absolute Gasteiger partial charge is 0.383 e. The van der Waals surface area contributed by atoms with Crippen molar-refractivity contribution >= 4 is 29.3 Å². The second kappa shape index (κ2) is 7.29. The van der Waals surface area contributed by atoms with Crippen LogP contribution in [0.3, 0.4) is 0 Å². The van der Waals surface area contributed by atoms with Crippen LogP contribution in [0.5, 0.6) is 0 Å². The van der Waals surface area contributed by atoms with Gasteiger partial charge in [-0.25, -0.2) is 4.98 Å². The van der Waals surface area contributed by atoms with E-state index in [1.54, 1.807) is 13.0 Å². The van der Waals surface area contributed by atoms with E-state index in [0.29, 0.717) is 22.4 Å². The molecule has 0 saturated heterocycles. The predicted molar refractivity (Wildman–Crippen MR) is 83.3 cm³/mol. The van der Waals surface area contributed by atoms with Gasteiger partial charge in [-0.15, -0.1) is 11.8 Å². The number of nitrogens with one attached hydrogen (secondary N) is 1. The summed E-state index contributed by atoms with van der Waals surface area (Å²) in [5, 5.41) is 24.6. The van der Waals surface area contributed by atoms with Gasteiger partial charge < -0.3 is 15.6 Å². The van der Waals surface area contributed by atoms with Crippen LogP contribution in [0, 0.1) is 29.6 Å². The molecule has 0 unspecified atom stereocenters. The van der Waals surface area contributed by atoms with Crippen LogP contribution in [-0.4, -0.2) is 21.8 Å². The molecule has 0 aliphatic rings. The third kappa shape index (κ3) is 4.22. The van der Waals surface area contributed by atoms with Crippen LogP contribution in [0.15, 0.2) is 21.7 Å². The third-order valence-electron chi connectivity index (χ3n) is 2.72. The first-order valence-electron chi connectivity index (χ1n) is 6.50. The molecule has 0 radical (unpaired) electrons. The fourth-order valence-corrected chi connectivity index (χ4v) is 2.56. The molecule has 0 fully saturated rings. The highest BCUT2D eigenvalue weighted by atomic mass is 32.2. The number of amides is 1. The average molecular weight is 328 g/mol. The Balaban J connectivity index is 1.94. The van der Waals surface area contributed by atoms with Crippen molar-refractivity contribution in [3.05, 3.63) is 29.0 Å². The van der Waals surface area contributed by atoms with Gasteiger partial charge in [0.25, 0.3) is 0 Å². The molecule has 8 nitrogen and oxygen atoms in total. The number of thioether (sulfide) groups is 1. The number of nitrogens with zero attached hydrogens (tertiary/aromatic N) is 4. The topological polar surface area (TPSA) is 142 Å². The Morgan fingerprint density at radius 2 is 2.13 bits per heavy atom. The van der Waals surface area contributed by atoms with Crippen LogP contribution < -0.4 is 11.1 Å². The fourth-order valence-electron chi connectivity index (χ4n) is 1.66. The Bertz CT molecular complexity index is 818. The van der Waals surface area contributed by atoms with Gasteiger partial charge in [0, 0.05) is 18.2 Å². The van der Waals surface area contributed by atoms with Crippen molar-refractivity contribution in [2.45, 2.75) is 18.4 Å². The van der Waals surface area contributed by atoms with Crippen LogP contribution in [0.25, 0.3) is 0 Å². The minimum Gasteiger partial charge on any atom is -0.383 e. The molecule has 2 aromatic heterocycles. The summed E-state index contributed by atoms with van der Waals surface area (Å²) in [6, 6.07) is 6.84. The van der Waals surface area contributed by atoms with E-state index in [1.807, 2.05) is 12.1 Å². The molecule has 2 rings (SSSR count). The summed E-state index contributed by atoms with van der Waals surface area (Å²) >= 11 is 1.22. The lowest BCUT2D eigenvalue weighted by Gasteiger charge is -2.05. The highest BCUT2D eigenvalue weighted by Gasteiger charge is 2.12. The Kier molecular flexibility index (Phi) is 5.18. The van der Waals surface area contributed by atoms with Gasteiger partial charge in [-0.1, -0.05) is 5.16 Å². The van der Waals surface area contributed by atoms with Gasteiger partial charge in [-0.2, -0.15) is 10.5 Å². The number of rotatable bonds is 5. The smallest absolute Gasteiger partial charge is 0.226 e. The first-order chi connectivity index (χ1) is 11.0. The molecule has 0 bridgehead atoms. The van der Waals surface area contributed by atoms with Crippen LogP contribution in [-0.2, 0) is 4.79 Å². The van der Waals surface area contributed by atoms with E-state index < -0.39 is 0 Å². The molecular weight excluding hydrogens is 316 g/mol. The molecular formula is C14H12N6O2S. The summed E-state index contributed by atoms with van der Waals surface area (Å²) in [5.41, 5.74) is 6.05. The number of carbonyl (C=O) groups excluding carboxylic acids is 1. The molecule has 3 N–H and O–H groups in total. The zero-order chi connectivity index (χ0) is 16.8. The van der Waals surface area contributed by atoms with Gasteiger partial charge in [-0.3, -0.25) is 4.79 Å². The standard InChI is InChI=1S/C14H12N6O2S/c1-8-4-11(20-22-8)18-12(21)2-3-23-14-10(7-16)5-9(6-15)13(17)19-14/h4-5H,2-3H2,1H3,(H2,17,19)(H,18,20,21). The lowest BCUT2D eigenvalue weighted by molar-refractivity contribution is -0.115. The van der Waals surface area contributed by atoms with Crippen molar-refractivity contribution in [2.75, 3.05) is 16.8 Å². The number of anilines is 2. The van der Waals surface area contributed by atoms with Crippen LogP contribution in [0.4, 0.5) is 11.6 Å². The summed E-state index contributed by atoms with van der Waals surface area (Å²) in [4.78, 5) is 15.8. The molecule has 0 atom stereocenters. The normalized spacial score (nSPS) is 9.87. The zero-order valence-electron chi connectivity index (χ0n) is 12.2. The Labute approximate surface area is 136 Å². The fraction of sp³-hybridized carbons (Fsp3) is 0.214. The van der Waals surface area contributed by atoms with Crippen molar-refractivity contribution in [2.24, 2.45) is 0 Å². The van der Waals surface area contributed by atoms with E-state index in [-0.39, 0.29) is 29.3 Å². The molecule has 2 aromatic rings. The minimum absolute atomic E-state index is 0.0662. The zero-order valence-corrected chi connectivity index (χ0v) is 13.0. The summed E-state index contributed by atoms with van der Waals surface area (Å²) in [7, 11) is 0. The monoisotopic (exact) mass is 328 g/mol. The van der Waals surface area contributed by atoms with Gasteiger partial charge in [0.1, 0.15) is 28.7 Å². The molecule has 0 aliphatic carbocycles. The van der Waals surface area contributed by atoms with Gasteiger partial charge in [0.2, 0.25) is 5.91 Å². The van der Waals surface area contributed by atoms with Crippen molar-refractivity contribution in [1.82, 2.24) is 10.1 Å². The summed E-state index contributed by atoms with van der Waals surface area (Å²) < 4.78 is 4.85. The number of pyridine rings is 1. The van der Waals surface area contributed by atoms with Gasteiger partial charge in [-0.05, 0) is 13.0 Å². The van der Waals surface area contributed by atoms with E-state index in [0.717, 1.165) is 0 Å². The van der Waals surface area contributed by atoms with Crippen molar-refractivity contribution in [3.63, 3.8) is 0 Å². The van der Waals surface area contributed by atoms with Gasteiger partial charge in [0.15, 0.2) is 5.82 Å². The van der Waals surface area contributed by atoms with Gasteiger partial charge in [0.05, 0.1) is 11.1 Å². The number of aryl methyl sites for hydroxylation is 1. The van der Waals surface area contributed by atoms with Crippen molar-refractivity contribution in [1.29, 1.82) is 10.5 Å². The van der Waals surface area contributed by atoms with E-state index in [9.17, 15) is 4.79 Å². The number of hydrogen-bond acceptors (Lipinski definition) is 8. The third-order valence-corrected chi connectivity index (χ3v) is 3.71. The molecule has 116 valence electrons. The lowest BCUT2D eigenvalue weighted by Crippen LogP contribution is -2.12. The number of nitriles is 2. The lowest BCUT2D eigenvalue weighted by atomic mass is 10.2. The average Bonchev–Trinajstić information content (AvgIpc) is 2.92.